The van der Waals surface area contributed by atoms with Gasteiger partial charge in [-0.3, -0.25) is 4.79 Å². The van der Waals surface area contributed by atoms with E-state index in [1.807, 2.05) is 13.8 Å². The topological polar surface area (TPSA) is 72.9 Å². The van der Waals surface area contributed by atoms with Gasteiger partial charge in [0.2, 0.25) is 0 Å². The fourth-order valence-corrected chi connectivity index (χ4v) is 1.87. The zero-order chi connectivity index (χ0) is 16.0. The van der Waals surface area contributed by atoms with Crippen molar-refractivity contribution >= 4 is 18.3 Å². The molecule has 1 aromatic carbocycles. The molecule has 0 aromatic heterocycles. The van der Waals surface area contributed by atoms with E-state index < -0.39 is 12.1 Å². The van der Waals surface area contributed by atoms with Crippen LogP contribution in [0.2, 0.25) is 0 Å². The summed E-state index contributed by atoms with van der Waals surface area (Å²) in [6, 6.07) is 2.90. The van der Waals surface area contributed by atoms with E-state index in [2.05, 4.69) is 4.74 Å². The first-order valence-electron chi connectivity index (χ1n) is 6.63. The minimum Gasteiger partial charge on any atom is -0.465 e. The van der Waals surface area contributed by atoms with Crippen LogP contribution in [-0.2, 0) is 4.74 Å². The Morgan fingerprint density at radius 2 is 1.86 bits per heavy atom. The van der Waals surface area contributed by atoms with Gasteiger partial charge in [0.15, 0.2) is 5.75 Å². The van der Waals surface area contributed by atoms with E-state index in [0.29, 0.717) is 30.5 Å². The van der Waals surface area contributed by atoms with Crippen molar-refractivity contribution in [3.63, 3.8) is 0 Å². The van der Waals surface area contributed by atoms with Crippen molar-refractivity contribution in [3.05, 3.63) is 28.8 Å². The number of nitrogens with zero attached hydrogens (tertiary/aromatic N) is 1. The number of esters is 1. The Hall–Kier alpha value is -2.37. The SMILES string of the molecule is CCN(CC)C(=O)Oc1c(C(=O)OC)ccc(C=O)c1C. The quantitative estimate of drug-likeness (QED) is 0.616. The van der Waals surface area contributed by atoms with Gasteiger partial charge in [0.1, 0.15) is 11.8 Å². The molecule has 1 rings (SSSR count). The lowest BCUT2D eigenvalue weighted by Crippen LogP contribution is -2.33. The van der Waals surface area contributed by atoms with E-state index in [1.54, 1.807) is 6.92 Å². The van der Waals surface area contributed by atoms with Crippen LogP contribution in [0.3, 0.4) is 0 Å². The summed E-state index contributed by atoms with van der Waals surface area (Å²) in [6.45, 7) is 6.22. The summed E-state index contributed by atoms with van der Waals surface area (Å²) in [4.78, 5) is 36.3. The maximum Gasteiger partial charge on any atom is 0.415 e. The first-order chi connectivity index (χ1) is 9.99. The molecule has 0 atom stereocenters. The second-order valence-corrected chi connectivity index (χ2v) is 4.31. The second kappa shape index (κ2) is 7.42. The van der Waals surface area contributed by atoms with Crippen molar-refractivity contribution < 1.29 is 23.9 Å². The third-order valence-electron chi connectivity index (χ3n) is 3.19. The smallest absolute Gasteiger partial charge is 0.415 e. The van der Waals surface area contributed by atoms with E-state index in [0.717, 1.165) is 0 Å². The Kier molecular flexibility index (Phi) is 5.90. The Morgan fingerprint density at radius 3 is 2.33 bits per heavy atom. The van der Waals surface area contributed by atoms with Crippen molar-refractivity contribution in [2.75, 3.05) is 20.2 Å². The Morgan fingerprint density at radius 1 is 1.24 bits per heavy atom. The van der Waals surface area contributed by atoms with Crippen LogP contribution in [0.4, 0.5) is 4.79 Å². The molecular formula is C15H19NO5. The number of methoxy groups -OCH3 is 1. The summed E-state index contributed by atoms with van der Waals surface area (Å²) < 4.78 is 9.98. The van der Waals surface area contributed by atoms with Gasteiger partial charge in [-0.25, -0.2) is 9.59 Å². The number of hydrogen-bond acceptors (Lipinski definition) is 5. The van der Waals surface area contributed by atoms with Crippen LogP contribution < -0.4 is 4.74 Å². The minimum absolute atomic E-state index is 0.0587. The van der Waals surface area contributed by atoms with Gasteiger partial charge >= 0.3 is 12.1 Å². The predicted octanol–water partition coefficient (Wildman–Crippen LogP) is 2.43. The van der Waals surface area contributed by atoms with Crippen LogP contribution in [0, 0.1) is 6.92 Å². The van der Waals surface area contributed by atoms with Gasteiger partial charge in [-0.1, -0.05) is 6.07 Å². The maximum absolute atomic E-state index is 12.1. The van der Waals surface area contributed by atoms with Gasteiger partial charge < -0.3 is 14.4 Å². The minimum atomic E-state index is -0.627. The van der Waals surface area contributed by atoms with Crippen LogP contribution in [0.15, 0.2) is 12.1 Å². The molecule has 6 nitrogen and oxygen atoms in total. The van der Waals surface area contributed by atoms with Crippen molar-refractivity contribution in [3.8, 4) is 5.75 Å². The van der Waals surface area contributed by atoms with Crippen molar-refractivity contribution in [2.24, 2.45) is 0 Å². The van der Waals surface area contributed by atoms with Crippen molar-refractivity contribution in [1.82, 2.24) is 4.90 Å². The van der Waals surface area contributed by atoms with E-state index in [-0.39, 0.29) is 11.3 Å². The molecule has 0 N–H and O–H groups in total. The fourth-order valence-electron chi connectivity index (χ4n) is 1.87. The molecule has 114 valence electrons. The lowest BCUT2D eigenvalue weighted by Gasteiger charge is -2.20. The fraction of sp³-hybridized carbons (Fsp3) is 0.400. The first kappa shape index (κ1) is 16.7. The molecule has 0 aliphatic carbocycles. The van der Waals surface area contributed by atoms with Crippen LogP contribution in [-0.4, -0.2) is 43.4 Å². The molecule has 0 spiro atoms. The second-order valence-electron chi connectivity index (χ2n) is 4.31. The monoisotopic (exact) mass is 293 g/mol. The van der Waals surface area contributed by atoms with Gasteiger partial charge in [0.25, 0.3) is 0 Å². The van der Waals surface area contributed by atoms with Crippen molar-refractivity contribution in [2.45, 2.75) is 20.8 Å². The molecule has 0 saturated carbocycles. The van der Waals surface area contributed by atoms with Gasteiger partial charge in [-0.15, -0.1) is 0 Å². The summed E-state index contributed by atoms with van der Waals surface area (Å²) in [5.74, 6) is -0.568. The zero-order valence-electron chi connectivity index (χ0n) is 12.6. The summed E-state index contributed by atoms with van der Waals surface area (Å²) in [7, 11) is 1.24. The number of carbonyl (C=O) groups excluding carboxylic acids is 3. The number of hydrogen-bond donors (Lipinski definition) is 0. The Balaban J connectivity index is 3.27. The van der Waals surface area contributed by atoms with Crippen LogP contribution in [0.1, 0.15) is 40.1 Å². The number of benzene rings is 1. The lowest BCUT2D eigenvalue weighted by molar-refractivity contribution is 0.0596. The number of ether oxygens (including phenoxy) is 2. The highest BCUT2D eigenvalue weighted by Crippen LogP contribution is 2.27. The highest BCUT2D eigenvalue weighted by molar-refractivity contribution is 5.95. The molecule has 0 radical (unpaired) electrons. The predicted molar refractivity (Wildman–Crippen MR) is 76.9 cm³/mol. The van der Waals surface area contributed by atoms with E-state index >= 15 is 0 Å². The van der Waals surface area contributed by atoms with E-state index in [9.17, 15) is 14.4 Å². The Labute approximate surface area is 123 Å². The largest absolute Gasteiger partial charge is 0.465 e. The normalized spacial score (nSPS) is 9.90. The van der Waals surface area contributed by atoms with Gasteiger partial charge in [-0.05, 0) is 26.8 Å². The standard InChI is InChI=1S/C15H19NO5/c1-5-16(6-2)15(19)21-13-10(3)11(9-17)7-8-12(13)14(18)20-4/h7-9H,5-6H2,1-4H3. The third kappa shape index (κ3) is 3.59. The maximum atomic E-state index is 12.1. The molecule has 0 aliphatic heterocycles. The highest BCUT2D eigenvalue weighted by atomic mass is 16.6. The molecule has 1 amide bonds. The molecule has 0 bridgehead atoms. The number of aldehydes is 1. The average molecular weight is 293 g/mol. The third-order valence-corrected chi connectivity index (χ3v) is 3.19. The molecule has 21 heavy (non-hydrogen) atoms. The summed E-state index contributed by atoms with van der Waals surface area (Å²) in [5.41, 5.74) is 0.888. The molecule has 0 unspecified atom stereocenters. The van der Waals surface area contributed by atoms with Crippen LogP contribution in [0.5, 0.6) is 5.75 Å². The van der Waals surface area contributed by atoms with E-state index in [1.165, 1.54) is 24.1 Å². The summed E-state index contributed by atoms with van der Waals surface area (Å²) >= 11 is 0. The van der Waals surface area contributed by atoms with Gasteiger partial charge in [0.05, 0.1) is 7.11 Å². The van der Waals surface area contributed by atoms with Crippen LogP contribution >= 0.6 is 0 Å². The average Bonchev–Trinajstić information content (AvgIpc) is 2.49. The molecule has 6 heteroatoms. The molecule has 0 fully saturated rings. The van der Waals surface area contributed by atoms with Gasteiger partial charge in [0, 0.05) is 24.2 Å². The molecule has 0 saturated heterocycles. The summed E-state index contributed by atoms with van der Waals surface area (Å²) in [6.07, 6.45) is 0.0711. The van der Waals surface area contributed by atoms with E-state index in [4.69, 9.17) is 4.74 Å². The molecule has 0 heterocycles. The summed E-state index contributed by atoms with van der Waals surface area (Å²) in [5, 5.41) is 0. The van der Waals surface area contributed by atoms with Crippen molar-refractivity contribution in [1.29, 1.82) is 0 Å². The molecule has 1 aromatic rings. The number of amides is 1. The molecular weight excluding hydrogens is 274 g/mol. The van der Waals surface area contributed by atoms with Gasteiger partial charge in [-0.2, -0.15) is 0 Å². The van der Waals surface area contributed by atoms with Crippen LogP contribution in [0.25, 0.3) is 0 Å². The number of rotatable bonds is 5. The Bertz CT molecular complexity index is 549. The highest BCUT2D eigenvalue weighted by Gasteiger charge is 2.22. The number of carbonyl (C=O) groups is 3. The first-order valence-corrected chi connectivity index (χ1v) is 6.63. The molecule has 0 aliphatic rings. The zero-order valence-corrected chi connectivity index (χ0v) is 12.6. The lowest BCUT2D eigenvalue weighted by atomic mass is 10.0.